The summed E-state index contributed by atoms with van der Waals surface area (Å²) in [6.07, 6.45) is 4.04. The molecule has 0 bridgehead atoms. The molecule has 8 aromatic rings. The summed E-state index contributed by atoms with van der Waals surface area (Å²) in [7, 11) is 0. The molecule has 0 unspecified atom stereocenters. The first-order chi connectivity index (χ1) is 21.3. The Balaban J connectivity index is 1.42. The fourth-order valence-electron chi connectivity index (χ4n) is 6.74. The van der Waals surface area contributed by atoms with E-state index < -0.39 is 0 Å². The number of aromatic nitrogens is 2. The maximum Gasteiger partial charge on any atom is 0.0548 e. The zero-order chi connectivity index (χ0) is 28.9. The molecule has 0 aliphatic heterocycles. The smallest absolute Gasteiger partial charge is 0.0548 e. The number of hydrogen-bond acceptors (Lipinski definition) is 0. The Kier molecular flexibility index (Phi) is 5.87. The fraction of sp³-hybridized carbons (Fsp3) is 0.0244. The van der Waals surface area contributed by atoms with Crippen LogP contribution < -0.4 is 0 Å². The van der Waals surface area contributed by atoms with Crippen molar-refractivity contribution in [3.8, 4) is 22.5 Å². The Morgan fingerprint density at radius 3 is 1.67 bits per heavy atom. The van der Waals surface area contributed by atoms with Crippen molar-refractivity contribution in [3.63, 3.8) is 0 Å². The molecule has 8 rings (SSSR count). The Hall–Kier alpha value is -5.60. The largest absolute Gasteiger partial charge is 0.309 e. The zero-order valence-corrected chi connectivity index (χ0v) is 24.0. The second kappa shape index (κ2) is 10.0. The van der Waals surface area contributed by atoms with E-state index in [9.17, 15) is 0 Å². The van der Waals surface area contributed by atoms with Gasteiger partial charge in [0.25, 0.3) is 0 Å². The van der Waals surface area contributed by atoms with Gasteiger partial charge in [-0.1, -0.05) is 110 Å². The SMILES string of the molecule is C=CC(=CC)c1cccc(-n2c3ccccc3c3c4c5ccccc5n(-c5ccc(-c6ccccc6)cc5)c4ccc32)c1. The van der Waals surface area contributed by atoms with Gasteiger partial charge in [0.1, 0.15) is 0 Å². The summed E-state index contributed by atoms with van der Waals surface area (Å²) >= 11 is 0. The van der Waals surface area contributed by atoms with Crippen LogP contribution in [0.15, 0.2) is 158 Å². The van der Waals surface area contributed by atoms with Crippen molar-refractivity contribution in [2.45, 2.75) is 6.92 Å². The van der Waals surface area contributed by atoms with E-state index in [2.05, 4.69) is 168 Å². The molecule has 0 radical (unpaired) electrons. The van der Waals surface area contributed by atoms with Crippen molar-refractivity contribution in [2.75, 3.05) is 0 Å². The molecule has 0 aliphatic carbocycles. The highest BCUT2D eigenvalue weighted by Crippen LogP contribution is 2.42. The molecule has 0 atom stereocenters. The number of para-hydroxylation sites is 2. The van der Waals surface area contributed by atoms with E-state index in [4.69, 9.17) is 0 Å². The Morgan fingerprint density at radius 2 is 1.07 bits per heavy atom. The van der Waals surface area contributed by atoms with Crippen LogP contribution in [-0.2, 0) is 0 Å². The summed E-state index contributed by atoms with van der Waals surface area (Å²) in [5, 5.41) is 5.08. The van der Waals surface area contributed by atoms with Crippen LogP contribution in [0.25, 0.3) is 71.7 Å². The molecule has 0 saturated carbocycles. The Morgan fingerprint density at radius 1 is 0.512 bits per heavy atom. The number of rotatable bonds is 5. The van der Waals surface area contributed by atoms with Crippen LogP contribution in [0.2, 0.25) is 0 Å². The van der Waals surface area contributed by atoms with Crippen LogP contribution >= 0.6 is 0 Å². The lowest BCUT2D eigenvalue weighted by molar-refractivity contribution is 1.17. The van der Waals surface area contributed by atoms with Crippen LogP contribution in [-0.4, -0.2) is 9.13 Å². The molecule has 0 amide bonds. The first kappa shape index (κ1) is 25.1. The summed E-state index contributed by atoms with van der Waals surface area (Å²) < 4.78 is 4.82. The normalized spacial score (nSPS) is 12.1. The summed E-state index contributed by atoms with van der Waals surface area (Å²) in [6.45, 7) is 6.09. The summed E-state index contributed by atoms with van der Waals surface area (Å²) in [5.74, 6) is 0. The third kappa shape index (κ3) is 3.88. The van der Waals surface area contributed by atoms with Crippen LogP contribution in [0, 0.1) is 0 Å². The van der Waals surface area contributed by atoms with Gasteiger partial charge in [0.15, 0.2) is 0 Å². The lowest BCUT2D eigenvalue weighted by Crippen LogP contribution is -1.96. The van der Waals surface area contributed by atoms with E-state index in [0.29, 0.717) is 0 Å². The molecule has 0 spiro atoms. The number of nitrogens with zero attached hydrogens (tertiary/aromatic N) is 2. The van der Waals surface area contributed by atoms with Gasteiger partial charge >= 0.3 is 0 Å². The average molecular weight is 551 g/mol. The van der Waals surface area contributed by atoms with E-state index in [-0.39, 0.29) is 0 Å². The third-order valence-electron chi connectivity index (χ3n) is 8.67. The molecule has 2 heterocycles. The average Bonchev–Trinajstić information content (AvgIpc) is 3.59. The lowest BCUT2D eigenvalue weighted by atomic mass is 10.0. The van der Waals surface area contributed by atoms with Crippen molar-refractivity contribution >= 4 is 49.2 Å². The number of hydrogen-bond donors (Lipinski definition) is 0. The van der Waals surface area contributed by atoms with Crippen molar-refractivity contribution in [1.29, 1.82) is 0 Å². The topological polar surface area (TPSA) is 9.86 Å². The highest BCUT2D eigenvalue weighted by Gasteiger charge is 2.20. The van der Waals surface area contributed by atoms with Crippen molar-refractivity contribution in [3.05, 3.63) is 164 Å². The van der Waals surface area contributed by atoms with Gasteiger partial charge in [0, 0.05) is 32.9 Å². The van der Waals surface area contributed by atoms with Gasteiger partial charge in [-0.3, -0.25) is 0 Å². The summed E-state index contributed by atoms with van der Waals surface area (Å²) in [4.78, 5) is 0. The van der Waals surface area contributed by atoms with Gasteiger partial charge in [-0.25, -0.2) is 0 Å². The minimum atomic E-state index is 1.13. The van der Waals surface area contributed by atoms with Crippen LogP contribution in [0.5, 0.6) is 0 Å². The first-order valence-corrected chi connectivity index (χ1v) is 14.8. The first-order valence-electron chi connectivity index (χ1n) is 14.8. The molecule has 2 aromatic heterocycles. The van der Waals surface area contributed by atoms with Crippen molar-refractivity contribution < 1.29 is 0 Å². The van der Waals surface area contributed by atoms with E-state index in [1.54, 1.807) is 0 Å². The number of fused-ring (bicyclic) bond motifs is 7. The standard InChI is InChI=1S/C41H30N2/c1-3-28(4-2)31-15-12-16-33(27-31)43-37-20-11-9-18-35(37)41-39(43)26-25-38-40(41)34-17-8-10-19-36(34)42(38)32-23-21-30(22-24-32)29-13-6-5-7-14-29/h3-27H,1H2,2H3. The molecular formula is C41H30N2. The molecule has 0 N–H and O–H groups in total. The molecule has 0 saturated heterocycles. The highest BCUT2D eigenvalue weighted by atomic mass is 15.0. The van der Waals surface area contributed by atoms with Gasteiger partial charge in [-0.05, 0) is 77.7 Å². The van der Waals surface area contributed by atoms with Gasteiger partial charge < -0.3 is 9.13 Å². The predicted octanol–water partition coefficient (Wildman–Crippen LogP) is 11.1. The van der Waals surface area contributed by atoms with Crippen LogP contribution in [0.4, 0.5) is 0 Å². The molecule has 6 aromatic carbocycles. The van der Waals surface area contributed by atoms with Crippen LogP contribution in [0.1, 0.15) is 12.5 Å². The minimum Gasteiger partial charge on any atom is -0.309 e. The Labute approximate surface area is 251 Å². The summed E-state index contributed by atoms with van der Waals surface area (Å²) in [6, 6.07) is 50.4. The molecule has 43 heavy (non-hydrogen) atoms. The number of allylic oxidation sites excluding steroid dienone is 3. The fourth-order valence-corrected chi connectivity index (χ4v) is 6.74. The van der Waals surface area contributed by atoms with E-state index in [1.807, 2.05) is 6.08 Å². The number of benzene rings is 6. The van der Waals surface area contributed by atoms with Gasteiger partial charge in [-0.2, -0.15) is 0 Å². The highest BCUT2D eigenvalue weighted by molar-refractivity contribution is 6.28. The molecule has 0 aliphatic rings. The van der Waals surface area contributed by atoms with Gasteiger partial charge in [0.2, 0.25) is 0 Å². The summed E-state index contributed by atoms with van der Waals surface area (Å²) in [5.41, 5.74) is 11.9. The van der Waals surface area contributed by atoms with Crippen LogP contribution in [0.3, 0.4) is 0 Å². The van der Waals surface area contributed by atoms with E-state index in [1.165, 1.54) is 54.7 Å². The van der Waals surface area contributed by atoms with E-state index >= 15 is 0 Å². The second-order valence-corrected chi connectivity index (χ2v) is 11.0. The molecule has 0 fully saturated rings. The molecule has 2 heteroatoms. The zero-order valence-electron chi connectivity index (χ0n) is 24.0. The monoisotopic (exact) mass is 550 g/mol. The van der Waals surface area contributed by atoms with E-state index in [0.717, 1.165) is 22.5 Å². The van der Waals surface area contributed by atoms with Gasteiger partial charge in [0.05, 0.1) is 22.1 Å². The third-order valence-corrected chi connectivity index (χ3v) is 8.67. The Bertz CT molecular complexity index is 2350. The quantitative estimate of drug-likeness (QED) is 0.189. The molecular weight excluding hydrogens is 520 g/mol. The maximum atomic E-state index is 4.03. The molecule has 204 valence electrons. The maximum absolute atomic E-state index is 4.03. The minimum absolute atomic E-state index is 1.13. The second-order valence-electron chi connectivity index (χ2n) is 11.0. The van der Waals surface area contributed by atoms with Gasteiger partial charge in [-0.15, -0.1) is 0 Å². The van der Waals surface area contributed by atoms with Crippen molar-refractivity contribution in [2.24, 2.45) is 0 Å². The predicted molar refractivity (Wildman–Crippen MR) is 184 cm³/mol. The molecule has 2 nitrogen and oxygen atoms in total. The lowest BCUT2D eigenvalue weighted by Gasteiger charge is -2.11. The van der Waals surface area contributed by atoms with Crippen molar-refractivity contribution in [1.82, 2.24) is 9.13 Å².